The zero-order chi connectivity index (χ0) is 40.3. The summed E-state index contributed by atoms with van der Waals surface area (Å²) in [6.45, 7) is 1.70. The highest BCUT2D eigenvalue weighted by molar-refractivity contribution is 5.77. The maximum absolute atomic E-state index is 12.0. The van der Waals surface area contributed by atoms with E-state index >= 15 is 0 Å². The van der Waals surface area contributed by atoms with Crippen LogP contribution in [0.5, 0.6) is 17.2 Å². The lowest BCUT2D eigenvalue weighted by molar-refractivity contribution is -0.149. The molecule has 0 spiro atoms. The zero-order valence-electron chi connectivity index (χ0n) is 32.9. The van der Waals surface area contributed by atoms with Gasteiger partial charge in [0, 0.05) is 5.56 Å². The molecule has 0 fully saturated rings. The van der Waals surface area contributed by atoms with Gasteiger partial charge in [-0.3, -0.25) is 9.59 Å². The molecule has 0 unspecified atom stereocenters. The van der Waals surface area contributed by atoms with Gasteiger partial charge in [0.15, 0.2) is 0 Å². The lowest BCUT2D eigenvalue weighted by Gasteiger charge is -2.36. The van der Waals surface area contributed by atoms with Gasteiger partial charge in [-0.2, -0.15) is 0 Å². The first-order valence-electron chi connectivity index (χ1n) is 19.1. The second-order valence-electron chi connectivity index (χ2n) is 14.0. The lowest BCUT2D eigenvalue weighted by Crippen LogP contribution is -2.32. The smallest absolute Gasteiger partial charge is 0.306 e. The molecule has 58 heavy (non-hydrogen) atoms. The van der Waals surface area contributed by atoms with Crippen LogP contribution in [-0.4, -0.2) is 33.3 Å². The normalized spacial score (nSPS) is 11.8. The Hall–Kier alpha value is -6.42. The van der Waals surface area contributed by atoms with E-state index in [9.17, 15) is 9.59 Å². The van der Waals surface area contributed by atoms with Gasteiger partial charge in [0.25, 0.3) is 0 Å². The van der Waals surface area contributed by atoms with E-state index < -0.39 is 17.5 Å². The van der Waals surface area contributed by atoms with Crippen LogP contribution in [0.2, 0.25) is 0 Å². The number of benzene rings is 6. The van der Waals surface area contributed by atoms with Crippen LogP contribution in [0.25, 0.3) is 11.1 Å². The molecular formula is C49H46O9. The summed E-state index contributed by atoms with van der Waals surface area (Å²) >= 11 is 0. The molecule has 1 aliphatic rings. The van der Waals surface area contributed by atoms with Gasteiger partial charge in [-0.25, -0.2) is 0 Å². The monoisotopic (exact) mass is 778 g/mol. The summed E-state index contributed by atoms with van der Waals surface area (Å²) < 4.78 is 40.5. The summed E-state index contributed by atoms with van der Waals surface area (Å²) in [5.74, 6) is 1.45. The van der Waals surface area contributed by atoms with Crippen LogP contribution in [0.3, 0.4) is 0 Å². The molecule has 6 aromatic rings. The summed E-state index contributed by atoms with van der Waals surface area (Å²) in [5, 5.41) is 0. The van der Waals surface area contributed by atoms with Crippen molar-refractivity contribution >= 4 is 11.9 Å². The quantitative estimate of drug-likeness (QED) is 0.0663. The SMILES string of the molecule is COC(=O)CCC(=O)OCc1cccc(COCc2ccc3c(c2)COc2cc(COC(c4ccccc4)(c4ccc(OC)cc4)c4ccc(OC)cc4)ccc2-3)c1. The summed E-state index contributed by atoms with van der Waals surface area (Å²) in [5.41, 5.74) is 9.07. The molecular weight excluding hydrogens is 733 g/mol. The van der Waals surface area contributed by atoms with Crippen LogP contribution < -0.4 is 14.2 Å². The third kappa shape index (κ3) is 9.23. The molecule has 296 valence electrons. The highest BCUT2D eigenvalue weighted by atomic mass is 16.5. The van der Waals surface area contributed by atoms with Gasteiger partial charge in [-0.05, 0) is 86.5 Å². The van der Waals surface area contributed by atoms with Crippen molar-refractivity contribution < 1.29 is 42.7 Å². The molecule has 0 radical (unpaired) electrons. The predicted octanol–water partition coefficient (Wildman–Crippen LogP) is 9.49. The molecule has 0 amide bonds. The number of carbonyl (C=O) groups excluding carboxylic acids is 2. The van der Waals surface area contributed by atoms with Crippen molar-refractivity contribution in [2.45, 2.75) is 51.5 Å². The number of carbonyl (C=O) groups is 2. The van der Waals surface area contributed by atoms with E-state index in [0.29, 0.717) is 26.4 Å². The van der Waals surface area contributed by atoms with Gasteiger partial charge in [-0.15, -0.1) is 0 Å². The number of hydrogen-bond acceptors (Lipinski definition) is 9. The van der Waals surface area contributed by atoms with E-state index in [4.69, 9.17) is 28.4 Å². The van der Waals surface area contributed by atoms with Gasteiger partial charge in [0.1, 0.15) is 36.1 Å². The second-order valence-corrected chi connectivity index (χ2v) is 14.0. The molecule has 0 saturated carbocycles. The van der Waals surface area contributed by atoms with Gasteiger partial charge in [0.05, 0.1) is 54.0 Å². The molecule has 9 nitrogen and oxygen atoms in total. The van der Waals surface area contributed by atoms with Crippen molar-refractivity contribution in [3.8, 4) is 28.4 Å². The molecule has 0 aliphatic carbocycles. The van der Waals surface area contributed by atoms with Crippen molar-refractivity contribution in [3.63, 3.8) is 0 Å². The standard InChI is InChI=1S/C49H46O9/c1-52-42-18-14-40(15-19-42)49(39-10-5-4-6-11-39,41-16-20-43(53-2)21-17-41)58-32-37-13-23-45-44-22-12-36(27-38(44)33-56-46(45)28-37)30-55-29-34-8-7-9-35(26-34)31-57-48(51)25-24-47(50)54-3/h4-23,26-28H,24-25,29-33H2,1-3H3. The van der Waals surface area contributed by atoms with Crippen molar-refractivity contribution in [1.82, 2.24) is 0 Å². The zero-order valence-corrected chi connectivity index (χ0v) is 32.9. The van der Waals surface area contributed by atoms with Crippen LogP contribution in [0.4, 0.5) is 0 Å². The molecule has 7 rings (SSSR count). The third-order valence-corrected chi connectivity index (χ3v) is 10.2. The fraction of sp³-hybridized carbons (Fsp3) is 0.224. The van der Waals surface area contributed by atoms with Gasteiger partial charge in [0.2, 0.25) is 0 Å². The molecule has 6 aromatic carbocycles. The van der Waals surface area contributed by atoms with Crippen LogP contribution in [0, 0.1) is 0 Å². The average molecular weight is 779 g/mol. The topological polar surface area (TPSA) is 98.8 Å². The number of rotatable bonds is 17. The van der Waals surface area contributed by atoms with Crippen LogP contribution in [0.15, 0.2) is 140 Å². The Morgan fingerprint density at radius 2 is 1.12 bits per heavy atom. The minimum Gasteiger partial charge on any atom is -0.497 e. The minimum atomic E-state index is -0.938. The summed E-state index contributed by atoms with van der Waals surface area (Å²) in [6, 6.07) is 46.7. The van der Waals surface area contributed by atoms with E-state index in [1.807, 2.05) is 66.7 Å². The number of hydrogen-bond donors (Lipinski definition) is 0. The maximum atomic E-state index is 12.0. The van der Waals surface area contributed by atoms with Gasteiger partial charge < -0.3 is 33.2 Å². The summed E-state index contributed by atoms with van der Waals surface area (Å²) in [6.07, 6.45) is -0.0208. The molecule has 0 N–H and O–H groups in total. The molecule has 0 atom stereocenters. The first kappa shape index (κ1) is 39.8. The summed E-state index contributed by atoms with van der Waals surface area (Å²) in [4.78, 5) is 23.3. The number of esters is 2. The Kier molecular flexibility index (Phi) is 12.8. The largest absolute Gasteiger partial charge is 0.497 e. The van der Waals surface area contributed by atoms with E-state index in [1.54, 1.807) is 14.2 Å². The Morgan fingerprint density at radius 1 is 0.552 bits per heavy atom. The maximum Gasteiger partial charge on any atom is 0.306 e. The third-order valence-electron chi connectivity index (χ3n) is 10.2. The van der Waals surface area contributed by atoms with E-state index in [1.165, 1.54) is 7.11 Å². The van der Waals surface area contributed by atoms with Crippen molar-refractivity contribution in [1.29, 1.82) is 0 Å². The van der Waals surface area contributed by atoms with Crippen molar-refractivity contribution in [3.05, 3.63) is 184 Å². The van der Waals surface area contributed by atoms with Crippen molar-refractivity contribution in [2.75, 3.05) is 21.3 Å². The molecule has 1 heterocycles. The van der Waals surface area contributed by atoms with Crippen molar-refractivity contribution in [2.24, 2.45) is 0 Å². The molecule has 0 bridgehead atoms. The first-order valence-corrected chi connectivity index (χ1v) is 19.1. The predicted molar refractivity (Wildman–Crippen MR) is 219 cm³/mol. The summed E-state index contributed by atoms with van der Waals surface area (Å²) in [7, 11) is 4.62. The van der Waals surface area contributed by atoms with Gasteiger partial charge >= 0.3 is 11.9 Å². The Bertz CT molecular complexity index is 2270. The molecule has 9 heteroatoms. The van der Waals surface area contributed by atoms with Crippen LogP contribution in [-0.2, 0) is 67.2 Å². The molecule has 0 aromatic heterocycles. The molecule has 1 aliphatic heterocycles. The van der Waals surface area contributed by atoms with Crippen LogP contribution >= 0.6 is 0 Å². The van der Waals surface area contributed by atoms with E-state index in [0.717, 1.165) is 72.9 Å². The Balaban J connectivity index is 1.03. The highest BCUT2D eigenvalue weighted by Gasteiger charge is 2.38. The average Bonchev–Trinajstić information content (AvgIpc) is 3.28. The number of methoxy groups -OCH3 is 3. The van der Waals surface area contributed by atoms with E-state index in [-0.39, 0.29) is 19.4 Å². The number of fused-ring (bicyclic) bond motifs is 3. The lowest BCUT2D eigenvalue weighted by atomic mass is 9.80. The van der Waals surface area contributed by atoms with Crippen LogP contribution in [0.1, 0.15) is 57.3 Å². The molecule has 0 saturated heterocycles. The minimum absolute atomic E-state index is 0.00365. The fourth-order valence-corrected chi connectivity index (χ4v) is 7.18. The first-order chi connectivity index (χ1) is 28.4. The number of ether oxygens (including phenoxy) is 7. The van der Waals surface area contributed by atoms with E-state index in [2.05, 4.69) is 77.5 Å². The Morgan fingerprint density at radius 3 is 1.76 bits per heavy atom. The highest BCUT2D eigenvalue weighted by Crippen LogP contribution is 2.43. The van der Waals surface area contributed by atoms with Gasteiger partial charge in [-0.1, -0.05) is 103 Å². The second kappa shape index (κ2) is 18.7. The Labute approximate surface area is 339 Å². The fourth-order valence-electron chi connectivity index (χ4n) is 7.18.